The van der Waals surface area contributed by atoms with Gasteiger partial charge in [0.05, 0.1) is 0 Å². The third-order valence-corrected chi connectivity index (χ3v) is 19.7. The summed E-state index contributed by atoms with van der Waals surface area (Å²) < 4.78 is 6.15. The number of nitrogens with zero attached hydrogens (tertiary/aromatic N) is 2. The van der Waals surface area contributed by atoms with Crippen LogP contribution in [0.1, 0.15) is 439 Å². The molecule has 0 aliphatic carbocycles. The number of halogens is 1. The van der Waals surface area contributed by atoms with Crippen LogP contribution >= 0.6 is 12.4 Å². The third kappa shape index (κ3) is 69.2. The van der Waals surface area contributed by atoms with E-state index < -0.39 is 0 Å². The van der Waals surface area contributed by atoms with Crippen molar-refractivity contribution in [3.05, 3.63) is 0 Å². The van der Waals surface area contributed by atoms with Gasteiger partial charge in [-0.05, 0) is 0 Å². The fourth-order valence-corrected chi connectivity index (χ4v) is 14.3. The Morgan fingerprint density at radius 1 is 0.145 bits per heavy atom. The van der Waals surface area contributed by atoms with Gasteiger partial charge in [0.2, 0.25) is 0 Å². The average molecular weight is 1130 g/mol. The van der Waals surface area contributed by atoms with Gasteiger partial charge >= 0.3 is 309 Å². The maximum atomic E-state index is 3.08. The summed E-state index contributed by atoms with van der Waals surface area (Å²) in [6.07, 6.45) is 94.1. The summed E-state index contributed by atoms with van der Waals surface area (Å²) in [5, 5.41) is 0. The number of unbranched alkanes of at least 4 members (excludes halogenated alkanes) is 60. The van der Waals surface area contributed by atoms with Crippen LogP contribution in [0.2, 0.25) is 0 Å². The molecule has 0 radical (unpaired) electrons. The van der Waals surface area contributed by atoms with E-state index in [1.165, 1.54) is 437 Å². The first-order valence-electron chi connectivity index (χ1n) is 36.5. The van der Waals surface area contributed by atoms with Crippen molar-refractivity contribution < 1.29 is 19.7 Å². The SMILES string of the molecule is CCCCCCCCCCCCCCCCCC[N](CCCCCCCCCCCCCCCCCC)[Ti][N](CCCCCCCCCCCCCCCCCC)CCCCCCCCCCCCCCCCCC.Cl. The Morgan fingerprint density at radius 2 is 0.237 bits per heavy atom. The predicted octanol–water partition coefficient (Wildman–Crippen LogP) is 27.0. The summed E-state index contributed by atoms with van der Waals surface area (Å²) in [4.78, 5) is 0. The van der Waals surface area contributed by atoms with Gasteiger partial charge in [-0.25, -0.2) is 0 Å². The van der Waals surface area contributed by atoms with Gasteiger partial charge < -0.3 is 0 Å². The Hall–Kier alpha value is 0.924. The first kappa shape index (κ1) is 79.0. The molecular weight excluding hydrogens is 976 g/mol. The van der Waals surface area contributed by atoms with Gasteiger partial charge in [0.15, 0.2) is 0 Å². The van der Waals surface area contributed by atoms with Gasteiger partial charge in [-0.15, -0.1) is 12.4 Å². The molecule has 0 aromatic heterocycles. The van der Waals surface area contributed by atoms with Crippen molar-refractivity contribution in [1.82, 2.24) is 6.76 Å². The summed E-state index contributed by atoms with van der Waals surface area (Å²) in [5.74, 6) is 0. The molecule has 0 fully saturated rings. The Balaban J connectivity index is 0. The molecule has 0 rings (SSSR count). The quantitative estimate of drug-likeness (QED) is 0.0442. The zero-order valence-electron chi connectivity index (χ0n) is 53.9. The Labute approximate surface area is 500 Å². The molecule has 0 heterocycles. The van der Waals surface area contributed by atoms with Crippen molar-refractivity contribution in [2.75, 3.05) is 26.2 Å². The van der Waals surface area contributed by atoms with Gasteiger partial charge in [0, 0.05) is 0 Å². The van der Waals surface area contributed by atoms with Crippen molar-refractivity contribution >= 4 is 12.4 Å². The average Bonchev–Trinajstić information content (AvgIpc) is 3.42. The van der Waals surface area contributed by atoms with Crippen molar-refractivity contribution in [1.29, 1.82) is 0 Å². The summed E-state index contributed by atoms with van der Waals surface area (Å²) >= 11 is -0.197. The summed E-state index contributed by atoms with van der Waals surface area (Å²) in [5.41, 5.74) is 0. The predicted molar refractivity (Wildman–Crippen MR) is 349 cm³/mol. The van der Waals surface area contributed by atoms with Crippen LogP contribution < -0.4 is 0 Å². The van der Waals surface area contributed by atoms with Crippen LogP contribution in [0.25, 0.3) is 0 Å². The molecule has 0 aromatic rings. The van der Waals surface area contributed by atoms with Gasteiger partial charge in [-0.1, -0.05) is 182 Å². The molecule has 0 N–H and O–H groups in total. The Morgan fingerprint density at radius 3 is 0.342 bits per heavy atom. The molecule has 0 aromatic carbocycles. The molecule has 2 nitrogen and oxygen atoms in total. The van der Waals surface area contributed by atoms with Crippen molar-refractivity contribution in [2.45, 2.75) is 439 Å². The van der Waals surface area contributed by atoms with Crippen LogP contribution in [0, 0.1) is 0 Å². The molecule has 4 heteroatoms. The van der Waals surface area contributed by atoms with Gasteiger partial charge in [0.25, 0.3) is 0 Å². The molecule has 0 unspecified atom stereocenters. The van der Waals surface area contributed by atoms with Crippen LogP contribution in [-0.4, -0.2) is 32.9 Å². The minimum absolute atomic E-state index is 0. The first-order valence-corrected chi connectivity index (χ1v) is 37.9. The molecule has 0 atom stereocenters. The normalized spacial score (nSPS) is 11.7. The Kier molecular flexibility index (Phi) is 76.8. The number of rotatable bonds is 70. The second kappa shape index (κ2) is 73.9. The molecule has 76 heavy (non-hydrogen) atoms. The molecule has 458 valence electrons. The van der Waals surface area contributed by atoms with E-state index in [0.717, 1.165) is 0 Å². The summed E-state index contributed by atoms with van der Waals surface area (Å²) in [7, 11) is 0. The molecule has 0 amide bonds. The van der Waals surface area contributed by atoms with Crippen LogP contribution in [-0.2, 0) is 19.7 Å². The van der Waals surface area contributed by atoms with E-state index >= 15 is 0 Å². The van der Waals surface area contributed by atoms with E-state index in [2.05, 4.69) is 34.5 Å². The molecule has 0 saturated carbocycles. The van der Waals surface area contributed by atoms with Crippen molar-refractivity contribution in [3.63, 3.8) is 0 Å². The van der Waals surface area contributed by atoms with E-state index in [1.54, 1.807) is 0 Å². The topological polar surface area (TPSA) is 6.48 Å². The molecule has 0 saturated heterocycles. The molecule has 0 aliphatic rings. The zero-order valence-corrected chi connectivity index (χ0v) is 56.3. The minimum Gasteiger partial charge on any atom is -0.147 e. The van der Waals surface area contributed by atoms with E-state index in [-0.39, 0.29) is 32.1 Å². The van der Waals surface area contributed by atoms with E-state index in [1.807, 2.05) is 0 Å². The van der Waals surface area contributed by atoms with Crippen LogP contribution in [0.5, 0.6) is 0 Å². The van der Waals surface area contributed by atoms with Gasteiger partial charge in [0.1, 0.15) is 0 Å². The van der Waals surface area contributed by atoms with Crippen molar-refractivity contribution in [3.8, 4) is 0 Å². The van der Waals surface area contributed by atoms with E-state index in [0.29, 0.717) is 0 Å². The smallest absolute Gasteiger partial charge is 0.147 e. The minimum atomic E-state index is -0.197. The molecule has 0 aliphatic heterocycles. The summed E-state index contributed by atoms with van der Waals surface area (Å²) in [6, 6.07) is 0. The fraction of sp³-hybridized carbons (Fsp3) is 1.00. The Bertz CT molecular complexity index is 817. The second-order valence-corrected chi connectivity index (χ2v) is 27.6. The van der Waals surface area contributed by atoms with E-state index in [9.17, 15) is 0 Å². The monoisotopic (exact) mass is 1130 g/mol. The fourth-order valence-electron chi connectivity index (χ4n) is 12.0. The molecular formula is C72H149ClN2Ti. The maximum absolute atomic E-state index is 3.08. The van der Waals surface area contributed by atoms with Gasteiger partial charge in [-0.2, -0.15) is 0 Å². The zero-order chi connectivity index (χ0) is 53.9. The van der Waals surface area contributed by atoms with Crippen LogP contribution in [0.4, 0.5) is 0 Å². The number of hydrogen-bond donors (Lipinski definition) is 0. The molecule has 0 spiro atoms. The molecule has 0 bridgehead atoms. The summed E-state index contributed by atoms with van der Waals surface area (Å²) in [6.45, 7) is 14.9. The number of hydrogen-bond acceptors (Lipinski definition) is 2. The van der Waals surface area contributed by atoms with Crippen molar-refractivity contribution in [2.24, 2.45) is 0 Å². The second-order valence-electron chi connectivity index (χ2n) is 25.3. The standard InChI is InChI=1S/2C36H74N.ClH.Ti/c2*1-3-5-7-9-11-13-15-17-19-21-23-25-27-29-31-33-35-37-36-34-32-30-28-26-24-22-20-18-16-14-12-10-8-6-4-2;;/h2*3-36H2,1-2H3;1H;/q2*-1;;+2. The third-order valence-electron chi connectivity index (χ3n) is 17.4. The first-order chi connectivity index (χ1) is 37.3. The van der Waals surface area contributed by atoms with Crippen LogP contribution in [0.3, 0.4) is 0 Å². The van der Waals surface area contributed by atoms with Crippen LogP contribution in [0.15, 0.2) is 0 Å². The van der Waals surface area contributed by atoms with E-state index in [4.69, 9.17) is 0 Å². The van der Waals surface area contributed by atoms with Gasteiger partial charge in [-0.3, -0.25) is 0 Å².